The summed E-state index contributed by atoms with van der Waals surface area (Å²) in [7, 11) is -3.97. The smallest absolute Gasteiger partial charge is 0.323 e. The number of nitrogens with one attached hydrogen (secondary N) is 1. The standard InChI is InChI=1S/C7H13N3O5S2/c11-6(12)5-10-2-1-8-7(10)9-16-3-4-17(13,14)15/h1-5H2,(H,8,9)(H,11,12)(H,13,14,15). The fourth-order valence-electron chi connectivity index (χ4n) is 1.18. The maximum Gasteiger partial charge on any atom is 0.323 e. The van der Waals surface area contributed by atoms with Gasteiger partial charge in [-0.25, -0.2) is 0 Å². The molecule has 0 saturated carbocycles. The summed E-state index contributed by atoms with van der Waals surface area (Å²) < 4.78 is 33.3. The van der Waals surface area contributed by atoms with Crippen LogP contribution in [0.3, 0.4) is 0 Å². The van der Waals surface area contributed by atoms with Crippen molar-refractivity contribution >= 4 is 34.0 Å². The van der Waals surface area contributed by atoms with Gasteiger partial charge in [0.15, 0.2) is 0 Å². The molecule has 0 amide bonds. The Morgan fingerprint density at radius 3 is 2.88 bits per heavy atom. The van der Waals surface area contributed by atoms with Gasteiger partial charge >= 0.3 is 5.97 Å². The van der Waals surface area contributed by atoms with Gasteiger partial charge in [-0.2, -0.15) is 12.8 Å². The summed E-state index contributed by atoms with van der Waals surface area (Å²) in [5, 5.41) is 11.5. The summed E-state index contributed by atoms with van der Waals surface area (Å²) in [5.74, 6) is -0.796. The maximum atomic E-state index is 10.5. The van der Waals surface area contributed by atoms with Crippen molar-refractivity contribution in [1.29, 1.82) is 0 Å². The summed E-state index contributed by atoms with van der Waals surface area (Å²) in [6.45, 7) is 1.000. The highest BCUT2D eigenvalue weighted by Crippen LogP contribution is 2.07. The fourth-order valence-corrected chi connectivity index (χ4v) is 2.71. The molecule has 0 spiro atoms. The van der Waals surface area contributed by atoms with Crippen molar-refractivity contribution in [3.05, 3.63) is 0 Å². The van der Waals surface area contributed by atoms with E-state index in [4.69, 9.17) is 9.66 Å². The van der Waals surface area contributed by atoms with Gasteiger partial charge in [0, 0.05) is 18.8 Å². The number of nitrogens with zero attached hydrogens (tertiary/aromatic N) is 2. The summed E-state index contributed by atoms with van der Waals surface area (Å²) in [5.41, 5.74) is 0. The molecule has 0 atom stereocenters. The number of rotatable bonds is 6. The van der Waals surface area contributed by atoms with E-state index in [9.17, 15) is 13.2 Å². The normalized spacial score (nSPS) is 18.4. The maximum absolute atomic E-state index is 10.5. The van der Waals surface area contributed by atoms with Gasteiger partial charge in [0.1, 0.15) is 6.54 Å². The Hall–Kier alpha value is -1.00. The molecular formula is C7H13N3O5S2. The van der Waals surface area contributed by atoms with Gasteiger partial charge in [0.2, 0.25) is 5.96 Å². The monoisotopic (exact) mass is 283 g/mol. The molecule has 17 heavy (non-hydrogen) atoms. The van der Waals surface area contributed by atoms with E-state index in [0.717, 1.165) is 11.9 Å². The highest BCUT2D eigenvalue weighted by Gasteiger charge is 2.20. The Bertz CT molecular complexity index is 408. The van der Waals surface area contributed by atoms with Gasteiger partial charge in [0.05, 0.1) is 5.75 Å². The molecule has 1 aliphatic heterocycles. The predicted octanol–water partition coefficient (Wildman–Crippen LogP) is -1.13. The average Bonchev–Trinajstić information content (AvgIpc) is 2.58. The van der Waals surface area contributed by atoms with Gasteiger partial charge in [-0.3, -0.25) is 9.35 Å². The van der Waals surface area contributed by atoms with E-state index < -0.39 is 16.1 Å². The lowest BCUT2D eigenvalue weighted by molar-refractivity contribution is -0.137. The van der Waals surface area contributed by atoms with Crippen LogP contribution >= 0.6 is 11.9 Å². The van der Waals surface area contributed by atoms with E-state index in [-0.39, 0.29) is 18.1 Å². The molecule has 10 heteroatoms. The molecule has 0 radical (unpaired) electrons. The van der Waals surface area contributed by atoms with Crippen LogP contribution in [0, 0.1) is 0 Å². The van der Waals surface area contributed by atoms with Gasteiger partial charge in [-0.1, -0.05) is 0 Å². The molecule has 98 valence electrons. The largest absolute Gasteiger partial charge is 0.480 e. The molecule has 0 unspecified atom stereocenters. The summed E-state index contributed by atoms with van der Waals surface area (Å²) in [6.07, 6.45) is 0. The molecule has 0 aromatic carbocycles. The third-order valence-electron chi connectivity index (χ3n) is 1.87. The number of carbonyl (C=O) groups is 1. The second kappa shape index (κ2) is 6.07. The van der Waals surface area contributed by atoms with Gasteiger partial charge < -0.3 is 15.3 Å². The number of carboxylic acids is 1. The molecule has 3 N–H and O–H groups in total. The number of hydrogen-bond donors (Lipinski definition) is 3. The van der Waals surface area contributed by atoms with Crippen molar-refractivity contribution in [1.82, 2.24) is 10.2 Å². The Kier molecular flexibility index (Phi) is 5.02. The average molecular weight is 283 g/mol. The van der Waals surface area contributed by atoms with Crippen LogP contribution in [-0.2, 0) is 14.9 Å². The number of guanidine groups is 1. The minimum Gasteiger partial charge on any atom is -0.480 e. The van der Waals surface area contributed by atoms with Crippen LogP contribution in [0.4, 0.5) is 0 Å². The van der Waals surface area contributed by atoms with E-state index in [2.05, 4.69) is 9.71 Å². The first-order chi connectivity index (χ1) is 7.88. The van der Waals surface area contributed by atoms with Crippen LogP contribution < -0.4 is 5.32 Å². The predicted molar refractivity (Wildman–Crippen MR) is 63.5 cm³/mol. The zero-order valence-corrected chi connectivity index (χ0v) is 10.5. The molecule has 0 bridgehead atoms. The summed E-state index contributed by atoms with van der Waals surface area (Å²) in [6, 6.07) is 0. The second-order valence-corrected chi connectivity index (χ2v) is 5.70. The van der Waals surface area contributed by atoms with E-state index in [0.29, 0.717) is 19.0 Å². The first-order valence-electron chi connectivity index (χ1n) is 4.74. The van der Waals surface area contributed by atoms with Crippen molar-refractivity contribution in [2.45, 2.75) is 0 Å². The van der Waals surface area contributed by atoms with Crippen LogP contribution in [0.5, 0.6) is 0 Å². The number of aliphatic carboxylic acids is 1. The highest BCUT2D eigenvalue weighted by atomic mass is 32.2. The molecular weight excluding hydrogens is 270 g/mol. The van der Waals surface area contributed by atoms with Crippen LogP contribution in [0.25, 0.3) is 0 Å². The first-order valence-corrected chi connectivity index (χ1v) is 7.29. The second-order valence-electron chi connectivity index (χ2n) is 3.28. The van der Waals surface area contributed by atoms with Crippen molar-refractivity contribution in [2.24, 2.45) is 4.40 Å². The molecule has 0 aromatic heterocycles. The SMILES string of the molecule is O=C(O)CN1CCNC1=NSCCS(=O)(=O)O. The molecule has 0 aliphatic carbocycles. The van der Waals surface area contributed by atoms with Crippen LogP contribution in [0.15, 0.2) is 4.40 Å². The number of hydrogen-bond acceptors (Lipinski definition) is 5. The molecule has 1 saturated heterocycles. The van der Waals surface area contributed by atoms with Crippen molar-refractivity contribution in [3.63, 3.8) is 0 Å². The fraction of sp³-hybridized carbons (Fsp3) is 0.714. The van der Waals surface area contributed by atoms with Crippen LogP contribution in [0.2, 0.25) is 0 Å². The minimum absolute atomic E-state index is 0.116. The molecule has 0 aromatic rings. The van der Waals surface area contributed by atoms with Crippen LogP contribution in [-0.4, -0.2) is 66.0 Å². The van der Waals surface area contributed by atoms with Crippen molar-refractivity contribution < 1.29 is 22.9 Å². The molecule has 1 aliphatic rings. The van der Waals surface area contributed by atoms with E-state index in [1.54, 1.807) is 4.90 Å². The summed E-state index contributed by atoms with van der Waals surface area (Å²) >= 11 is 0.960. The molecule has 8 nitrogen and oxygen atoms in total. The zero-order valence-electron chi connectivity index (χ0n) is 8.87. The Balaban J connectivity index is 2.40. The van der Waals surface area contributed by atoms with Crippen LogP contribution in [0.1, 0.15) is 0 Å². The zero-order chi connectivity index (χ0) is 12.9. The van der Waals surface area contributed by atoms with Crippen molar-refractivity contribution in [2.75, 3.05) is 31.1 Å². The first kappa shape index (κ1) is 14.1. The van der Waals surface area contributed by atoms with E-state index >= 15 is 0 Å². The van der Waals surface area contributed by atoms with E-state index in [1.807, 2.05) is 0 Å². The summed E-state index contributed by atoms with van der Waals surface area (Å²) in [4.78, 5) is 12.1. The van der Waals surface area contributed by atoms with E-state index in [1.165, 1.54) is 0 Å². The third kappa shape index (κ3) is 5.75. The lowest BCUT2D eigenvalue weighted by Crippen LogP contribution is -2.34. The quantitative estimate of drug-likeness (QED) is 0.318. The Morgan fingerprint density at radius 1 is 1.59 bits per heavy atom. The Morgan fingerprint density at radius 2 is 2.29 bits per heavy atom. The lowest BCUT2D eigenvalue weighted by Gasteiger charge is -2.13. The van der Waals surface area contributed by atoms with Gasteiger partial charge in [-0.05, 0) is 11.9 Å². The van der Waals surface area contributed by atoms with Gasteiger partial charge in [0.25, 0.3) is 10.1 Å². The molecule has 1 fully saturated rings. The molecule has 1 rings (SSSR count). The minimum atomic E-state index is -3.97. The van der Waals surface area contributed by atoms with Crippen molar-refractivity contribution in [3.8, 4) is 0 Å². The lowest BCUT2D eigenvalue weighted by atomic mass is 10.5. The molecule has 1 heterocycles. The number of carboxylic acid groups (broad SMARTS) is 1. The topological polar surface area (TPSA) is 119 Å². The van der Waals surface area contributed by atoms with Gasteiger partial charge in [-0.15, -0.1) is 0 Å². The third-order valence-corrected chi connectivity index (χ3v) is 3.54. The highest BCUT2D eigenvalue weighted by molar-refractivity contribution is 7.99. The Labute approximate surface area is 103 Å².